The van der Waals surface area contributed by atoms with Crippen LogP contribution in [0.3, 0.4) is 0 Å². The van der Waals surface area contributed by atoms with E-state index >= 15 is 0 Å². The van der Waals surface area contributed by atoms with Gasteiger partial charge in [-0.25, -0.2) is 0 Å². The molecule has 3 aromatic rings. The van der Waals surface area contributed by atoms with Gasteiger partial charge in [0.25, 0.3) is 0 Å². The molecule has 1 aliphatic heterocycles. The minimum atomic E-state index is 0.168. The van der Waals surface area contributed by atoms with E-state index < -0.39 is 0 Å². The summed E-state index contributed by atoms with van der Waals surface area (Å²) in [6, 6.07) is 12.4. The van der Waals surface area contributed by atoms with Gasteiger partial charge in [-0.15, -0.1) is 0 Å². The zero-order valence-electron chi connectivity index (χ0n) is 15.9. The van der Waals surface area contributed by atoms with Crippen molar-refractivity contribution in [1.82, 2.24) is 9.47 Å². The van der Waals surface area contributed by atoms with Crippen molar-refractivity contribution in [2.75, 3.05) is 19.6 Å². The van der Waals surface area contributed by atoms with Gasteiger partial charge >= 0.3 is 0 Å². The lowest BCUT2D eigenvalue weighted by molar-refractivity contribution is 0.327. The quantitative estimate of drug-likeness (QED) is 0.495. The van der Waals surface area contributed by atoms with Crippen LogP contribution in [0, 0.1) is 13.8 Å². The molecular formula is C23H28N2O. The maximum absolute atomic E-state index is 13.1. The summed E-state index contributed by atoms with van der Waals surface area (Å²) in [5.74, 6) is 0. The van der Waals surface area contributed by atoms with Crippen molar-refractivity contribution in [1.29, 1.82) is 0 Å². The number of nitrogens with zero attached hydrogens (tertiary/aromatic N) is 2. The summed E-state index contributed by atoms with van der Waals surface area (Å²) in [6.07, 6.45) is 5.07. The fourth-order valence-corrected chi connectivity index (χ4v) is 4.47. The molecule has 0 saturated carbocycles. The van der Waals surface area contributed by atoms with Crippen LogP contribution in [0.2, 0.25) is 0 Å². The maximum atomic E-state index is 13.1. The molecule has 1 aromatic heterocycles. The van der Waals surface area contributed by atoms with Gasteiger partial charge in [0, 0.05) is 17.3 Å². The second-order valence-corrected chi connectivity index (χ2v) is 7.73. The Hall–Kier alpha value is -2.13. The van der Waals surface area contributed by atoms with E-state index in [1.807, 2.05) is 18.2 Å². The predicted molar refractivity (Wildman–Crippen MR) is 110 cm³/mol. The first kappa shape index (κ1) is 17.3. The van der Waals surface area contributed by atoms with E-state index in [-0.39, 0.29) is 5.43 Å². The number of aryl methyl sites for hydroxylation is 3. The molecule has 1 aliphatic rings. The van der Waals surface area contributed by atoms with Gasteiger partial charge in [-0.2, -0.15) is 0 Å². The van der Waals surface area contributed by atoms with Gasteiger partial charge < -0.3 is 9.47 Å². The molecule has 136 valence electrons. The third kappa shape index (κ3) is 3.16. The Morgan fingerprint density at radius 3 is 2.46 bits per heavy atom. The van der Waals surface area contributed by atoms with Crippen LogP contribution in [0.1, 0.15) is 36.8 Å². The molecule has 0 spiro atoms. The first-order valence-electron chi connectivity index (χ1n) is 9.90. The van der Waals surface area contributed by atoms with Gasteiger partial charge in [0.2, 0.25) is 0 Å². The molecule has 2 aromatic carbocycles. The second-order valence-electron chi connectivity index (χ2n) is 7.73. The number of hydrogen-bond donors (Lipinski definition) is 0. The summed E-state index contributed by atoms with van der Waals surface area (Å²) in [5, 5.41) is 1.72. The first-order valence-corrected chi connectivity index (χ1v) is 9.90. The topological polar surface area (TPSA) is 25.2 Å². The molecule has 0 radical (unpaired) electrons. The van der Waals surface area contributed by atoms with Crippen LogP contribution in [0.25, 0.3) is 21.8 Å². The van der Waals surface area contributed by atoms with E-state index in [4.69, 9.17) is 0 Å². The minimum absolute atomic E-state index is 0.168. The maximum Gasteiger partial charge on any atom is 0.197 e. The van der Waals surface area contributed by atoms with E-state index in [1.165, 1.54) is 44.5 Å². The van der Waals surface area contributed by atoms with Gasteiger partial charge in [-0.05, 0) is 88.5 Å². The van der Waals surface area contributed by atoms with Crippen LogP contribution >= 0.6 is 0 Å². The largest absolute Gasteiger partial charge is 0.340 e. The van der Waals surface area contributed by atoms with E-state index in [0.717, 1.165) is 40.3 Å². The van der Waals surface area contributed by atoms with Gasteiger partial charge in [0.15, 0.2) is 5.43 Å². The Labute approximate surface area is 155 Å². The van der Waals surface area contributed by atoms with Crippen LogP contribution in [0.5, 0.6) is 0 Å². The molecule has 0 aliphatic carbocycles. The van der Waals surface area contributed by atoms with Crippen LogP contribution in [0.15, 0.2) is 41.2 Å². The number of hydrogen-bond acceptors (Lipinski definition) is 2. The monoisotopic (exact) mass is 348 g/mol. The molecular weight excluding hydrogens is 320 g/mol. The number of unbranched alkanes of at least 4 members (excludes halogenated alkanes) is 1. The second kappa shape index (κ2) is 7.24. The first-order chi connectivity index (χ1) is 12.6. The molecule has 1 saturated heterocycles. The third-order valence-corrected chi connectivity index (χ3v) is 5.72. The summed E-state index contributed by atoms with van der Waals surface area (Å²) in [7, 11) is 0. The highest BCUT2D eigenvalue weighted by Gasteiger charge is 2.14. The van der Waals surface area contributed by atoms with E-state index in [9.17, 15) is 4.79 Å². The highest BCUT2D eigenvalue weighted by Crippen LogP contribution is 2.24. The van der Waals surface area contributed by atoms with Crippen LogP contribution in [0.4, 0.5) is 0 Å². The molecule has 4 rings (SSSR count). The lowest BCUT2D eigenvalue weighted by atomic mass is 10.0. The third-order valence-electron chi connectivity index (χ3n) is 5.72. The Morgan fingerprint density at radius 1 is 0.923 bits per heavy atom. The van der Waals surface area contributed by atoms with Crippen molar-refractivity contribution >= 4 is 21.8 Å². The van der Waals surface area contributed by atoms with Gasteiger partial charge in [0.1, 0.15) is 0 Å². The van der Waals surface area contributed by atoms with E-state index in [0.29, 0.717) is 0 Å². The summed E-state index contributed by atoms with van der Waals surface area (Å²) in [4.78, 5) is 15.6. The Kier molecular flexibility index (Phi) is 4.82. The van der Waals surface area contributed by atoms with E-state index in [2.05, 4.69) is 41.5 Å². The Morgan fingerprint density at radius 2 is 1.65 bits per heavy atom. The molecule has 1 fully saturated rings. The summed E-state index contributed by atoms with van der Waals surface area (Å²) in [5.41, 5.74) is 4.63. The van der Waals surface area contributed by atoms with E-state index in [1.54, 1.807) is 0 Å². The zero-order valence-corrected chi connectivity index (χ0v) is 15.9. The number of benzene rings is 2. The minimum Gasteiger partial charge on any atom is -0.340 e. The van der Waals surface area contributed by atoms with Crippen molar-refractivity contribution in [3.63, 3.8) is 0 Å². The number of para-hydroxylation sites is 1. The fraction of sp³-hybridized carbons (Fsp3) is 0.435. The molecule has 0 N–H and O–H groups in total. The molecule has 0 bridgehead atoms. The molecule has 0 amide bonds. The van der Waals surface area contributed by atoms with Crippen molar-refractivity contribution in [3.05, 3.63) is 57.7 Å². The van der Waals surface area contributed by atoms with Crippen LogP contribution in [-0.4, -0.2) is 29.1 Å². The van der Waals surface area contributed by atoms with Crippen molar-refractivity contribution in [3.8, 4) is 0 Å². The number of fused-ring (bicyclic) bond motifs is 2. The van der Waals surface area contributed by atoms with Gasteiger partial charge in [-0.1, -0.05) is 18.2 Å². The standard InChI is InChI=1S/C23H28N2O/c1-17-15-18(2)22-21(16-17)25(14-8-7-13-24-11-5-6-12-24)20-10-4-3-9-19(20)23(22)26/h3-4,9-10,15-16H,5-8,11-14H2,1-2H3. The summed E-state index contributed by atoms with van der Waals surface area (Å²) >= 11 is 0. The number of rotatable bonds is 5. The molecule has 3 heteroatoms. The predicted octanol–water partition coefficient (Wildman–Crippen LogP) is 4.65. The normalized spacial score (nSPS) is 15.3. The average molecular weight is 348 g/mol. The smallest absolute Gasteiger partial charge is 0.197 e. The molecule has 0 unspecified atom stereocenters. The lowest BCUT2D eigenvalue weighted by Gasteiger charge is -2.18. The van der Waals surface area contributed by atoms with Crippen molar-refractivity contribution in [2.45, 2.75) is 46.1 Å². The highest BCUT2D eigenvalue weighted by molar-refractivity contribution is 5.95. The summed E-state index contributed by atoms with van der Waals surface area (Å²) in [6.45, 7) is 8.87. The van der Waals surface area contributed by atoms with Crippen molar-refractivity contribution < 1.29 is 0 Å². The molecule has 2 heterocycles. The van der Waals surface area contributed by atoms with Gasteiger partial charge in [0.05, 0.1) is 11.0 Å². The SMILES string of the molecule is Cc1cc(C)c2c(=O)c3ccccc3n(CCCCN3CCCC3)c2c1. The average Bonchev–Trinajstić information content (AvgIpc) is 3.14. The highest BCUT2D eigenvalue weighted by atomic mass is 16.1. The van der Waals surface area contributed by atoms with Crippen LogP contribution < -0.4 is 5.43 Å². The molecule has 3 nitrogen and oxygen atoms in total. The number of pyridine rings is 1. The molecule has 0 atom stereocenters. The number of likely N-dealkylation sites (tertiary alicyclic amines) is 1. The number of aromatic nitrogens is 1. The van der Waals surface area contributed by atoms with Gasteiger partial charge in [-0.3, -0.25) is 4.79 Å². The fourth-order valence-electron chi connectivity index (χ4n) is 4.47. The zero-order chi connectivity index (χ0) is 18.1. The summed E-state index contributed by atoms with van der Waals surface area (Å²) < 4.78 is 2.37. The lowest BCUT2D eigenvalue weighted by Crippen LogP contribution is -2.20. The Balaban J connectivity index is 1.73. The molecule has 26 heavy (non-hydrogen) atoms. The Bertz CT molecular complexity index is 996. The van der Waals surface area contributed by atoms with Crippen LogP contribution in [-0.2, 0) is 6.54 Å². The van der Waals surface area contributed by atoms with Crippen molar-refractivity contribution in [2.24, 2.45) is 0 Å².